The van der Waals surface area contributed by atoms with Crippen LogP contribution in [0.25, 0.3) is 6.08 Å². The van der Waals surface area contributed by atoms with Gasteiger partial charge in [-0.1, -0.05) is 23.9 Å². The molecule has 104 valence electrons. The van der Waals surface area contributed by atoms with Crippen LogP contribution in [0.5, 0.6) is 0 Å². The number of hydrogen-bond donors (Lipinski definition) is 0. The summed E-state index contributed by atoms with van der Waals surface area (Å²) >= 11 is 1.13. The van der Waals surface area contributed by atoms with Crippen molar-refractivity contribution in [3.63, 3.8) is 0 Å². The van der Waals surface area contributed by atoms with Crippen LogP contribution in [0.1, 0.15) is 24.5 Å². The van der Waals surface area contributed by atoms with Crippen LogP contribution in [0, 0.1) is 5.82 Å². The summed E-state index contributed by atoms with van der Waals surface area (Å²) in [5, 5.41) is -0.0153. The smallest absolute Gasteiger partial charge is 0.288 e. The maximum Gasteiger partial charge on any atom is 0.416 e. The van der Waals surface area contributed by atoms with Gasteiger partial charge in [-0.3, -0.25) is 4.79 Å². The number of carbonyl (C=O) groups excluding carboxylic acids is 1. The quantitative estimate of drug-likeness (QED) is 0.599. The van der Waals surface area contributed by atoms with E-state index in [1.807, 2.05) is 0 Å². The van der Waals surface area contributed by atoms with Crippen molar-refractivity contribution in [3.8, 4) is 0 Å². The van der Waals surface area contributed by atoms with Crippen molar-refractivity contribution in [1.29, 1.82) is 0 Å². The molecular formula is C13H12F4OS. The first-order chi connectivity index (χ1) is 8.79. The number of alkyl halides is 3. The summed E-state index contributed by atoms with van der Waals surface area (Å²) in [7, 11) is 0. The van der Waals surface area contributed by atoms with Gasteiger partial charge in [-0.05, 0) is 30.2 Å². The van der Waals surface area contributed by atoms with E-state index in [2.05, 4.69) is 0 Å². The van der Waals surface area contributed by atoms with Gasteiger partial charge in [-0.25, -0.2) is 4.39 Å². The third-order valence-corrected chi connectivity index (χ3v) is 2.99. The molecule has 0 aromatic heterocycles. The molecule has 0 bridgehead atoms. The summed E-state index contributed by atoms with van der Waals surface area (Å²) in [5.74, 6) is -0.375. The number of halogens is 4. The van der Waals surface area contributed by atoms with E-state index in [9.17, 15) is 22.4 Å². The van der Waals surface area contributed by atoms with Crippen molar-refractivity contribution in [2.24, 2.45) is 0 Å². The molecule has 0 aliphatic rings. The lowest BCUT2D eigenvalue weighted by Gasteiger charge is -2.07. The third kappa shape index (κ3) is 5.92. The van der Waals surface area contributed by atoms with Crippen LogP contribution in [0.2, 0.25) is 0 Å². The topological polar surface area (TPSA) is 17.1 Å². The molecule has 1 aromatic rings. The summed E-state index contributed by atoms with van der Waals surface area (Å²) in [5.41, 5.74) is -0.856. The molecule has 0 aliphatic carbocycles. The molecule has 0 aliphatic heterocycles. The van der Waals surface area contributed by atoms with E-state index in [1.165, 1.54) is 13.0 Å². The minimum Gasteiger partial charge on any atom is -0.288 e. The highest BCUT2D eigenvalue weighted by molar-refractivity contribution is 8.13. The molecule has 0 N–H and O–H groups in total. The van der Waals surface area contributed by atoms with E-state index >= 15 is 0 Å². The van der Waals surface area contributed by atoms with Gasteiger partial charge < -0.3 is 0 Å². The summed E-state index contributed by atoms with van der Waals surface area (Å²) in [6.07, 6.45) is -0.999. The fourth-order valence-electron chi connectivity index (χ4n) is 1.36. The highest BCUT2D eigenvalue weighted by Crippen LogP contribution is 2.30. The van der Waals surface area contributed by atoms with Gasteiger partial charge in [0.2, 0.25) is 0 Å². The van der Waals surface area contributed by atoms with Crippen LogP contribution in [0.3, 0.4) is 0 Å². The Labute approximate surface area is 112 Å². The van der Waals surface area contributed by atoms with Crippen LogP contribution in [0.4, 0.5) is 17.6 Å². The molecule has 1 rings (SSSR count). The van der Waals surface area contributed by atoms with Gasteiger partial charge in [0.25, 0.3) is 0 Å². The Kier molecular flexibility index (Phi) is 5.60. The lowest BCUT2D eigenvalue weighted by molar-refractivity contribution is -0.137. The van der Waals surface area contributed by atoms with Gasteiger partial charge in [0.1, 0.15) is 5.82 Å². The SMILES string of the molecule is CC(=O)SCCC=Cc1cc(F)cc(C(F)(F)F)c1. The molecule has 19 heavy (non-hydrogen) atoms. The molecule has 0 atom stereocenters. The first-order valence-corrected chi connectivity index (χ1v) is 6.45. The Balaban J connectivity index is 2.71. The monoisotopic (exact) mass is 292 g/mol. The van der Waals surface area contributed by atoms with Crippen molar-refractivity contribution in [2.45, 2.75) is 19.5 Å². The number of benzene rings is 1. The number of rotatable bonds is 4. The second kappa shape index (κ2) is 6.75. The zero-order valence-corrected chi connectivity index (χ0v) is 10.9. The van der Waals surface area contributed by atoms with E-state index in [-0.39, 0.29) is 10.7 Å². The predicted octanol–water partition coefficient (Wildman–Crippen LogP) is 4.53. The predicted molar refractivity (Wildman–Crippen MR) is 68.2 cm³/mol. The molecule has 0 saturated carbocycles. The van der Waals surface area contributed by atoms with Crippen molar-refractivity contribution in [1.82, 2.24) is 0 Å². The molecule has 0 unspecified atom stereocenters. The number of hydrogen-bond acceptors (Lipinski definition) is 2. The Morgan fingerprint density at radius 3 is 2.58 bits per heavy atom. The lowest BCUT2D eigenvalue weighted by Crippen LogP contribution is -2.05. The molecule has 6 heteroatoms. The molecular weight excluding hydrogens is 280 g/mol. The molecule has 0 heterocycles. The average molecular weight is 292 g/mol. The largest absolute Gasteiger partial charge is 0.416 e. The van der Waals surface area contributed by atoms with Gasteiger partial charge in [-0.2, -0.15) is 13.2 Å². The van der Waals surface area contributed by atoms with Crippen LogP contribution in [-0.4, -0.2) is 10.9 Å². The van der Waals surface area contributed by atoms with Gasteiger partial charge in [0, 0.05) is 12.7 Å². The van der Waals surface area contributed by atoms with E-state index < -0.39 is 17.6 Å². The fraction of sp³-hybridized carbons (Fsp3) is 0.308. The van der Waals surface area contributed by atoms with E-state index in [0.29, 0.717) is 18.2 Å². The second-order valence-corrected chi connectivity index (χ2v) is 5.07. The molecule has 0 amide bonds. The molecule has 0 saturated heterocycles. The molecule has 0 fully saturated rings. The van der Waals surface area contributed by atoms with Gasteiger partial charge in [-0.15, -0.1) is 0 Å². The van der Waals surface area contributed by atoms with Crippen molar-refractivity contribution in [2.75, 3.05) is 5.75 Å². The summed E-state index contributed by atoms with van der Waals surface area (Å²) in [6.45, 7) is 1.44. The Morgan fingerprint density at radius 2 is 2.00 bits per heavy atom. The second-order valence-electron chi connectivity index (χ2n) is 3.80. The van der Waals surface area contributed by atoms with E-state index in [0.717, 1.165) is 23.9 Å². The fourth-order valence-corrected chi connectivity index (χ4v) is 1.90. The van der Waals surface area contributed by atoms with Gasteiger partial charge in [0.05, 0.1) is 5.56 Å². The number of carbonyl (C=O) groups is 1. The van der Waals surface area contributed by atoms with Crippen molar-refractivity contribution < 1.29 is 22.4 Å². The summed E-state index contributed by atoms with van der Waals surface area (Å²) in [6, 6.07) is 2.38. The minimum atomic E-state index is -4.56. The third-order valence-electron chi connectivity index (χ3n) is 2.15. The molecule has 1 nitrogen and oxygen atoms in total. The van der Waals surface area contributed by atoms with Crippen LogP contribution < -0.4 is 0 Å². The minimum absolute atomic E-state index is 0.0153. The first-order valence-electron chi connectivity index (χ1n) is 5.47. The molecule has 1 aromatic carbocycles. The van der Waals surface area contributed by atoms with Crippen molar-refractivity contribution >= 4 is 23.0 Å². The highest BCUT2D eigenvalue weighted by Gasteiger charge is 2.31. The normalized spacial score (nSPS) is 12.1. The highest BCUT2D eigenvalue weighted by atomic mass is 32.2. The standard InChI is InChI=1S/C13H12F4OS/c1-9(18)19-5-3-2-4-10-6-11(13(15,16)17)8-12(14)7-10/h2,4,6-8H,3,5H2,1H3. The maximum absolute atomic E-state index is 13.1. The first kappa shape index (κ1) is 15.8. The van der Waals surface area contributed by atoms with Gasteiger partial charge >= 0.3 is 6.18 Å². The number of thioether (sulfide) groups is 1. The zero-order chi connectivity index (χ0) is 14.5. The van der Waals surface area contributed by atoms with Gasteiger partial charge in [0.15, 0.2) is 5.12 Å². The molecule has 0 spiro atoms. The Hall–Kier alpha value is -1.30. The van der Waals surface area contributed by atoms with E-state index in [4.69, 9.17) is 0 Å². The lowest BCUT2D eigenvalue weighted by atomic mass is 10.1. The Bertz CT molecular complexity index is 480. The van der Waals surface area contributed by atoms with Crippen LogP contribution in [0.15, 0.2) is 24.3 Å². The molecule has 0 radical (unpaired) electrons. The summed E-state index contributed by atoms with van der Waals surface area (Å²) < 4.78 is 50.4. The van der Waals surface area contributed by atoms with Crippen LogP contribution in [-0.2, 0) is 11.0 Å². The zero-order valence-electron chi connectivity index (χ0n) is 10.1. The average Bonchev–Trinajstić information content (AvgIpc) is 2.26. The van der Waals surface area contributed by atoms with Crippen molar-refractivity contribution in [3.05, 3.63) is 41.2 Å². The maximum atomic E-state index is 13.1. The van der Waals surface area contributed by atoms with E-state index in [1.54, 1.807) is 6.08 Å². The Morgan fingerprint density at radius 1 is 1.32 bits per heavy atom. The summed E-state index contributed by atoms with van der Waals surface area (Å²) in [4.78, 5) is 10.6. The number of allylic oxidation sites excluding steroid dienone is 1. The van der Waals surface area contributed by atoms with Crippen LogP contribution >= 0.6 is 11.8 Å².